The number of rotatable bonds is 6. The monoisotopic (exact) mass is 506 g/mol. The van der Waals surface area contributed by atoms with E-state index in [-0.39, 0.29) is 24.0 Å². The maximum absolute atomic E-state index is 10.2. The number of aliphatic imine (C=N–C) groups is 1. The summed E-state index contributed by atoms with van der Waals surface area (Å²) in [4.78, 5) is 7.10. The van der Waals surface area contributed by atoms with E-state index in [0.29, 0.717) is 12.6 Å². The first-order valence-corrected chi connectivity index (χ1v) is 10.2. The van der Waals surface area contributed by atoms with Crippen molar-refractivity contribution in [3.63, 3.8) is 0 Å². The van der Waals surface area contributed by atoms with Crippen molar-refractivity contribution in [2.75, 3.05) is 26.2 Å². The normalized spacial score (nSPS) is 20.5. The molecule has 1 aromatic rings. The van der Waals surface area contributed by atoms with E-state index < -0.39 is 5.60 Å². The highest BCUT2D eigenvalue weighted by atomic mass is 127. The molecule has 0 radical (unpaired) electrons. The zero-order chi connectivity index (χ0) is 18.4. The molecule has 1 saturated heterocycles. The van der Waals surface area contributed by atoms with Gasteiger partial charge in [0.2, 0.25) is 0 Å². The molecule has 1 heterocycles. The van der Waals surface area contributed by atoms with Crippen LogP contribution in [-0.2, 0) is 6.54 Å². The Morgan fingerprint density at radius 1 is 1.26 bits per heavy atom. The second-order valence-electron chi connectivity index (χ2n) is 7.59. The van der Waals surface area contributed by atoms with E-state index in [1.54, 1.807) is 0 Å². The minimum atomic E-state index is -0.565. The number of likely N-dealkylation sites (tertiary alicyclic amines) is 1. The molecule has 1 aromatic carbocycles. The number of hydrogen-bond donors (Lipinski definition) is 3. The van der Waals surface area contributed by atoms with Crippen LogP contribution in [0.3, 0.4) is 0 Å². The van der Waals surface area contributed by atoms with Crippen LogP contribution in [0.4, 0.5) is 0 Å². The Morgan fingerprint density at radius 3 is 2.48 bits per heavy atom. The van der Waals surface area contributed by atoms with Crippen molar-refractivity contribution in [3.05, 3.63) is 34.9 Å². The molecule has 0 amide bonds. The van der Waals surface area contributed by atoms with Gasteiger partial charge in [0.1, 0.15) is 0 Å². The van der Waals surface area contributed by atoms with Crippen molar-refractivity contribution in [1.82, 2.24) is 15.5 Å². The highest BCUT2D eigenvalue weighted by Crippen LogP contribution is 2.31. The summed E-state index contributed by atoms with van der Waals surface area (Å²) in [6.45, 7) is 6.53. The molecule has 0 spiro atoms. The van der Waals surface area contributed by atoms with Crippen LogP contribution in [0.2, 0.25) is 5.02 Å². The Bertz CT molecular complexity index is 599. The Hall–Kier alpha value is -0.570. The van der Waals surface area contributed by atoms with Crippen molar-refractivity contribution >= 4 is 41.5 Å². The molecule has 1 saturated carbocycles. The molecule has 2 aliphatic rings. The van der Waals surface area contributed by atoms with Crippen LogP contribution >= 0.6 is 35.6 Å². The molecule has 3 rings (SSSR count). The molecule has 7 heteroatoms. The van der Waals surface area contributed by atoms with E-state index in [2.05, 4.69) is 39.6 Å². The summed E-state index contributed by atoms with van der Waals surface area (Å²) in [7, 11) is 0. The predicted molar refractivity (Wildman–Crippen MR) is 123 cm³/mol. The molecule has 0 unspecified atom stereocenters. The van der Waals surface area contributed by atoms with Crippen LogP contribution < -0.4 is 10.6 Å². The van der Waals surface area contributed by atoms with Gasteiger partial charge in [0.15, 0.2) is 5.96 Å². The fourth-order valence-electron chi connectivity index (χ4n) is 3.57. The summed E-state index contributed by atoms with van der Waals surface area (Å²) < 4.78 is 0. The van der Waals surface area contributed by atoms with Crippen molar-refractivity contribution in [3.8, 4) is 0 Å². The molecule has 2 fully saturated rings. The summed E-state index contributed by atoms with van der Waals surface area (Å²) in [6.07, 6.45) is 5.06. The van der Waals surface area contributed by atoms with E-state index in [9.17, 15) is 5.11 Å². The quantitative estimate of drug-likeness (QED) is 0.314. The molecule has 152 valence electrons. The molecular weight excluding hydrogens is 475 g/mol. The highest BCUT2D eigenvalue weighted by molar-refractivity contribution is 14.0. The molecular formula is C20H32ClIN4O. The number of guanidine groups is 1. The van der Waals surface area contributed by atoms with E-state index in [1.807, 2.05) is 12.1 Å². The molecule has 27 heavy (non-hydrogen) atoms. The molecule has 0 bridgehead atoms. The third-order valence-corrected chi connectivity index (χ3v) is 5.66. The van der Waals surface area contributed by atoms with Crippen molar-refractivity contribution in [2.24, 2.45) is 4.99 Å². The first-order valence-electron chi connectivity index (χ1n) is 9.80. The third-order valence-electron chi connectivity index (χ3n) is 5.41. The van der Waals surface area contributed by atoms with Crippen molar-refractivity contribution in [1.29, 1.82) is 0 Å². The fraction of sp³-hybridized carbons (Fsp3) is 0.650. The van der Waals surface area contributed by atoms with Crippen molar-refractivity contribution < 1.29 is 5.11 Å². The second-order valence-corrected chi connectivity index (χ2v) is 8.03. The van der Waals surface area contributed by atoms with Gasteiger partial charge in [-0.25, -0.2) is 0 Å². The van der Waals surface area contributed by atoms with E-state index >= 15 is 0 Å². The van der Waals surface area contributed by atoms with Crippen LogP contribution in [0.25, 0.3) is 0 Å². The first-order chi connectivity index (χ1) is 12.6. The molecule has 1 aliphatic carbocycles. The lowest BCUT2D eigenvalue weighted by Gasteiger charge is -2.36. The van der Waals surface area contributed by atoms with Gasteiger partial charge in [-0.3, -0.25) is 9.89 Å². The zero-order valence-electron chi connectivity index (χ0n) is 16.1. The second kappa shape index (κ2) is 10.8. The van der Waals surface area contributed by atoms with Crippen LogP contribution in [0.15, 0.2) is 29.3 Å². The summed E-state index contributed by atoms with van der Waals surface area (Å²) in [5.74, 6) is 0.837. The van der Waals surface area contributed by atoms with Crippen LogP contribution in [0.5, 0.6) is 0 Å². The van der Waals surface area contributed by atoms with Gasteiger partial charge in [-0.2, -0.15) is 0 Å². The van der Waals surface area contributed by atoms with Crippen LogP contribution in [-0.4, -0.2) is 53.8 Å². The number of nitrogens with one attached hydrogen (secondary N) is 2. The average molecular weight is 507 g/mol. The largest absolute Gasteiger partial charge is 0.388 e. The summed E-state index contributed by atoms with van der Waals surface area (Å²) in [5, 5.41) is 17.9. The summed E-state index contributed by atoms with van der Waals surface area (Å²) in [5.41, 5.74) is 0.744. The van der Waals surface area contributed by atoms with E-state index in [0.717, 1.165) is 69.3 Å². The van der Waals surface area contributed by atoms with Gasteiger partial charge >= 0.3 is 0 Å². The predicted octanol–water partition coefficient (Wildman–Crippen LogP) is 3.39. The van der Waals surface area contributed by atoms with Gasteiger partial charge in [-0.15, -0.1) is 24.0 Å². The first kappa shape index (κ1) is 22.7. The number of piperidine rings is 1. The average Bonchev–Trinajstić information content (AvgIpc) is 2.62. The Kier molecular flexibility index (Phi) is 9.11. The minimum absolute atomic E-state index is 0. The van der Waals surface area contributed by atoms with Gasteiger partial charge in [0, 0.05) is 37.2 Å². The molecule has 1 aliphatic heterocycles. The molecule has 3 N–H and O–H groups in total. The Labute approximate surface area is 185 Å². The Balaban J connectivity index is 0.00000261. The highest BCUT2D eigenvalue weighted by Gasteiger charge is 2.34. The lowest BCUT2D eigenvalue weighted by atomic mass is 9.80. The topological polar surface area (TPSA) is 59.9 Å². The van der Waals surface area contributed by atoms with Crippen LogP contribution in [0, 0.1) is 0 Å². The van der Waals surface area contributed by atoms with Crippen molar-refractivity contribution in [2.45, 2.75) is 57.2 Å². The van der Waals surface area contributed by atoms with Crippen LogP contribution in [0.1, 0.15) is 44.6 Å². The van der Waals surface area contributed by atoms with Gasteiger partial charge in [-0.1, -0.05) is 23.7 Å². The van der Waals surface area contributed by atoms with Gasteiger partial charge in [0.25, 0.3) is 0 Å². The number of nitrogens with zero attached hydrogens (tertiary/aromatic N) is 2. The number of halogens is 2. The molecule has 0 aromatic heterocycles. The third kappa shape index (κ3) is 7.07. The SMILES string of the molecule is CCNC(=NCC1(O)CCC1)NC1CCN(Cc2ccc(Cl)cc2)CC1.I. The molecule has 0 atom stereocenters. The standard InChI is InChI=1S/C20H31ClN4O.HI/c1-2-22-19(23-15-20(26)10-3-11-20)24-18-8-12-25(13-9-18)14-16-4-6-17(21)7-5-16;/h4-7,18,26H,2-3,8-15H2,1H3,(H2,22,23,24);1H. The zero-order valence-corrected chi connectivity index (χ0v) is 19.2. The maximum atomic E-state index is 10.2. The maximum Gasteiger partial charge on any atom is 0.191 e. The van der Waals surface area contributed by atoms with Gasteiger partial charge in [-0.05, 0) is 56.7 Å². The molecule has 5 nitrogen and oxygen atoms in total. The van der Waals surface area contributed by atoms with E-state index in [4.69, 9.17) is 11.6 Å². The number of hydrogen-bond acceptors (Lipinski definition) is 3. The Morgan fingerprint density at radius 2 is 1.93 bits per heavy atom. The van der Waals surface area contributed by atoms with Gasteiger partial charge in [0.05, 0.1) is 12.1 Å². The lowest BCUT2D eigenvalue weighted by molar-refractivity contribution is -0.0236. The number of aliphatic hydroxyl groups is 1. The lowest BCUT2D eigenvalue weighted by Crippen LogP contribution is -2.49. The fourth-order valence-corrected chi connectivity index (χ4v) is 3.69. The summed E-state index contributed by atoms with van der Waals surface area (Å²) >= 11 is 5.96. The smallest absolute Gasteiger partial charge is 0.191 e. The summed E-state index contributed by atoms with van der Waals surface area (Å²) in [6, 6.07) is 8.56. The van der Waals surface area contributed by atoms with Gasteiger partial charge < -0.3 is 15.7 Å². The minimum Gasteiger partial charge on any atom is -0.388 e. The number of benzene rings is 1. The van der Waals surface area contributed by atoms with E-state index in [1.165, 1.54) is 5.56 Å².